The lowest BCUT2D eigenvalue weighted by molar-refractivity contribution is -0.144. The van der Waals surface area contributed by atoms with E-state index >= 15 is 0 Å². The molecule has 4 N–H and O–H groups in total. The van der Waals surface area contributed by atoms with Crippen molar-refractivity contribution in [2.45, 2.75) is 26.1 Å². The van der Waals surface area contributed by atoms with Gasteiger partial charge in [0, 0.05) is 12.1 Å². The standard InChI is InChI=1S/C10H14F3N5O/c1-5(2)16-8(19)4-15-7-3-6(14)17-9(18-7)10(11,12)13/h3,5H,4H2,1-2H3,(H,16,19)(H3,14,15,17,18). The third-order valence-electron chi connectivity index (χ3n) is 1.88. The summed E-state index contributed by atoms with van der Waals surface area (Å²) in [6.45, 7) is 3.33. The highest BCUT2D eigenvalue weighted by Crippen LogP contribution is 2.27. The molecule has 0 fully saturated rings. The molecule has 0 saturated carbocycles. The van der Waals surface area contributed by atoms with Gasteiger partial charge in [-0.05, 0) is 13.8 Å². The number of aromatic nitrogens is 2. The van der Waals surface area contributed by atoms with Crippen molar-refractivity contribution in [3.05, 3.63) is 11.9 Å². The molecule has 0 aliphatic rings. The van der Waals surface area contributed by atoms with Gasteiger partial charge in [-0.1, -0.05) is 0 Å². The van der Waals surface area contributed by atoms with Crippen molar-refractivity contribution >= 4 is 17.5 Å². The Labute approximate surface area is 107 Å². The smallest absolute Gasteiger partial charge is 0.384 e. The zero-order valence-corrected chi connectivity index (χ0v) is 10.4. The van der Waals surface area contributed by atoms with Gasteiger partial charge in [0.15, 0.2) is 0 Å². The van der Waals surface area contributed by atoms with E-state index in [1.807, 2.05) is 0 Å². The second-order valence-corrected chi connectivity index (χ2v) is 4.08. The van der Waals surface area contributed by atoms with Crippen LogP contribution in [-0.4, -0.2) is 28.5 Å². The lowest BCUT2D eigenvalue weighted by Gasteiger charge is -2.11. The zero-order valence-electron chi connectivity index (χ0n) is 10.4. The molecule has 0 aromatic carbocycles. The lowest BCUT2D eigenvalue weighted by atomic mass is 10.4. The molecule has 1 amide bonds. The normalized spacial score (nSPS) is 11.5. The average Bonchev–Trinajstić information content (AvgIpc) is 2.23. The largest absolute Gasteiger partial charge is 0.451 e. The first-order chi connectivity index (χ1) is 8.68. The van der Waals surface area contributed by atoms with Crippen molar-refractivity contribution in [2.24, 2.45) is 0 Å². The van der Waals surface area contributed by atoms with Crippen molar-refractivity contribution in [2.75, 3.05) is 17.6 Å². The fraction of sp³-hybridized carbons (Fsp3) is 0.500. The van der Waals surface area contributed by atoms with Crippen LogP contribution < -0.4 is 16.4 Å². The van der Waals surface area contributed by atoms with E-state index in [4.69, 9.17) is 5.73 Å². The lowest BCUT2D eigenvalue weighted by Crippen LogP contribution is -2.35. The van der Waals surface area contributed by atoms with Crippen LogP contribution in [0.1, 0.15) is 19.7 Å². The third kappa shape index (κ3) is 4.98. The number of halogens is 3. The quantitative estimate of drug-likeness (QED) is 0.764. The Kier molecular flexibility index (Phi) is 4.52. The molecule has 106 valence electrons. The summed E-state index contributed by atoms with van der Waals surface area (Å²) in [4.78, 5) is 17.7. The van der Waals surface area contributed by atoms with Crippen molar-refractivity contribution in [1.82, 2.24) is 15.3 Å². The summed E-state index contributed by atoms with van der Waals surface area (Å²) in [7, 11) is 0. The van der Waals surface area contributed by atoms with Gasteiger partial charge in [-0.25, -0.2) is 9.97 Å². The Morgan fingerprint density at radius 3 is 2.58 bits per heavy atom. The first-order valence-corrected chi connectivity index (χ1v) is 5.43. The van der Waals surface area contributed by atoms with Crippen molar-refractivity contribution in [3.63, 3.8) is 0 Å². The van der Waals surface area contributed by atoms with Gasteiger partial charge >= 0.3 is 6.18 Å². The number of hydrogen-bond acceptors (Lipinski definition) is 5. The maximum absolute atomic E-state index is 12.4. The minimum atomic E-state index is -4.69. The van der Waals surface area contributed by atoms with Gasteiger partial charge in [0.1, 0.15) is 11.6 Å². The highest BCUT2D eigenvalue weighted by molar-refractivity contribution is 5.80. The van der Waals surface area contributed by atoms with Gasteiger partial charge in [0.05, 0.1) is 6.54 Å². The zero-order chi connectivity index (χ0) is 14.6. The highest BCUT2D eigenvalue weighted by Gasteiger charge is 2.35. The van der Waals surface area contributed by atoms with E-state index in [2.05, 4.69) is 20.6 Å². The van der Waals surface area contributed by atoms with Gasteiger partial charge in [0.25, 0.3) is 0 Å². The Hall–Kier alpha value is -2.06. The molecule has 0 unspecified atom stereocenters. The number of rotatable bonds is 4. The molecule has 1 aromatic heterocycles. The number of nitrogen functional groups attached to an aromatic ring is 1. The monoisotopic (exact) mass is 277 g/mol. The summed E-state index contributed by atoms with van der Waals surface area (Å²) in [5, 5.41) is 5.03. The molecular weight excluding hydrogens is 263 g/mol. The molecule has 19 heavy (non-hydrogen) atoms. The predicted octanol–water partition coefficient (Wildman–Crippen LogP) is 1.01. The summed E-state index contributed by atoms with van der Waals surface area (Å²) in [5.74, 6) is -2.19. The number of nitrogens with two attached hydrogens (primary N) is 1. The number of nitrogens with one attached hydrogen (secondary N) is 2. The van der Waals surface area contributed by atoms with Crippen molar-refractivity contribution in [3.8, 4) is 0 Å². The van der Waals surface area contributed by atoms with E-state index in [9.17, 15) is 18.0 Å². The highest BCUT2D eigenvalue weighted by atomic mass is 19.4. The fourth-order valence-electron chi connectivity index (χ4n) is 1.23. The van der Waals surface area contributed by atoms with E-state index in [0.29, 0.717) is 0 Å². The predicted molar refractivity (Wildman–Crippen MR) is 63.2 cm³/mol. The average molecular weight is 277 g/mol. The molecule has 9 heteroatoms. The molecule has 0 bridgehead atoms. The maximum Gasteiger partial charge on any atom is 0.451 e. The number of anilines is 2. The molecule has 0 radical (unpaired) electrons. The first-order valence-electron chi connectivity index (χ1n) is 5.43. The maximum atomic E-state index is 12.4. The summed E-state index contributed by atoms with van der Waals surface area (Å²) in [5.41, 5.74) is 5.25. The van der Waals surface area contributed by atoms with E-state index in [0.717, 1.165) is 6.07 Å². The molecular formula is C10H14F3N5O. The minimum absolute atomic E-state index is 0.0597. The van der Waals surface area contributed by atoms with Gasteiger partial charge < -0.3 is 16.4 Å². The van der Waals surface area contributed by atoms with E-state index in [1.165, 1.54) is 0 Å². The SMILES string of the molecule is CC(C)NC(=O)CNc1cc(N)nc(C(F)(F)F)n1. The van der Waals surface area contributed by atoms with E-state index < -0.39 is 12.0 Å². The molecule has 0 atom stereocenters. The molecule has 1 aromatic rings. The molecule has 6 nitrogen and oxygen atoms in total. The van der Waals surface area contributed by atoms with Gasteiger partial charge in [-0.15, -0.1) is 0 Å². The number of amides is 1. The van der Waals surface area contributed by atoms with Crippen LogP contribution in [0.2, 0.25) is 0 Å². The summed E-state index contributed by atoms with van der Waals surface area (Å²) in [6.07, 6.45) is -4.69. The third-order valence-corrected chi connectivity index (χ3v) is 1.88. The Morgan fingerprint density at radius 2 is 2.05 bits per heavy atom. The van der Waals surface area contributed by atoms with Gasteiger partial charge in [-0.3, -0.25) is 4.79 Å². The Bertz CT molecular complexity index is 461. The topological polar surface area (TPSA) is 92.9 Å². The van der Waals surface area contributed by atoms with Crippen LogP contribution in [0.4, 0.5) is 24.8 Å². The van der Waals surface area contributed by atoms with E-state index in [-0.39, 0.29) is 30.1 Å². The number of carbonyl (C=O) groups excluding carboxylic acids is 1. The number of carbonyl (C=O) groups is 1. The summed E-state index contributed by atoms with van der Waals surface area (Å²) < 4.78 is 37.3. The molecule has 0 spiro atoms. The van der Waals surface area contributed by atoms with Crippen molar-refractivity contribution in [1.29, 1.82) is 0 Å². The molecule has 1 rings (SSSR count). The molecule has 1 heterocycles. The van der Waals surface area contributed by atoms with Gasteiger partial charge in [-0.2, -0.15) is 13.2 Å². The first kappa shape index (κ1) is 15.0. The number of nitrogens with zero attached hydrogens (tertiary/aromatic N) is 2. The number of alkyl halides is 3. The van der Waals surface area contributed by atoms with Crippen LogP contribution >= 0.6 is 0 Å². The van der Waals surface area contributed by atoms with Crippen LogP contribution in [0.5, 0.6) is 0 Å². The summed E-state index contributed by atoms with van der Waals surface area (Å²) in [6, 6.07) is 1.06. The molecule has 0 aliphatic heterocycles. The molecule has 0 saturated heterocycles. The van der Waals surface area contributed by atoms with Crippen molar-refractivity contribution < 1.29 is 18.0 Å². The number of hydrogen-bond donors (Lipinski definition) is 3. The fourth-order valence-corrected chi connectivity index (χ4v) is 1.23. The second-order valence-electron chi connectivity index (χ2n) is 4.08. The Balaban J connectivity index is 2.74. The van der Waals surface area contributed by atoms with Crippen LogP contribution in [0.25, 0.3) is 0 Å². The summed E-state index contributed by atoms with van der Waals surface area (Å²) >= 11 is 0. The van der Waals surface area contributed by atoms with Gasteiger partial charge in [0.2, 0.25) is 11.7 Å². The van der Waals surface area contributed by atoms with E-state index in [1.54, 1.807) is 13.8 Å². The van der Waals surface area contributed by atoms with Crippen LogP contribution in [0.15, 0.2) is 6.07 Å². The Morgan fingerprint density at radius 1 is 1.42 bits per heavy atom. The van der Waals surface area contributed by atoms with Crippen LogP contribution in [0.3, 0.4) is 0 Å². The van der Waals surface area contributed by atoms with Crippen LogP contribution in [-0.2, 0) is 11.0 Å². The second kappa shape index (κ2) is 5.72. The minimum Gasteiger partial charge on any atom is -0.384 e. The van der Waals surface area contributed by atoms with Crippen LogP contribution in [0, 0.1) is 0 Å². The molecule has 0 aliphatic carbocycles.